The third-order valence-corrected chi connectivity index (χ3v) is 2.06. The van der Waals surface area contributed by atoms with Gasteiger partial charge in [0.15, 0.2) is 0 Å². The molecular weight excluding hydrogens is 168 g/mol. The van der Waals surface area contributed by atoms with E-state index in [0.717, 1.165) is 11.3 Å². The fourth-order valence-corrected chi connectivity index (χ4v) is 1.41. The summed E-state index contributed by atoms with van der Waals surface area (Å²) >= 11 is 0. The van der Waals surface area contributed by atoms with E-state index in [1.165, 1.54) is 0 Å². The molecule has 13 heavy (non-hydrogen) atoms. The third-order valence-electron chi connectivity index (χ3n) is 2.06. The van der Waals surface area contributed by atoms with Gasteiger partial charge in [-0.1, -0.05) is 5.11 Å². The number of hydrogen-bond donors (Lipinski definition) is 0. The Kier molecular flexibility index (Phi) is 2.02. The van der Waals surface area contributed by atoms with Crippen LogP contribution in [-0.4, -0.2) is 18.1 Å². The first-order valence-corrected chi connectivity index (χ1v) is 3.99. The van der Waals surface area contributed by atoms with Crippen molar-refractivity contribution in [2.75, 3.05) is 13.2 Å². The number of pyridine rings is 1. The predicted octanol–water partition coefficient (Wildman–Crippen LogP) is 1.87. The molecule has 1 aliphatic rings. The molecule has 0 saturated heterocycles. The van der Waals surface area contributed by atoms with Gasteiger partial charge in [-0.15, -0.1) is 0 Å². The normalized spacial score (nSPS) is 18.6. The van der Waals surface area contributed by atoms with Crippen LogP contribution in [0.15, 0.2) is 23.6 Å². The lowest BCUT2D eigenvalue weighted by Crippen LogP contribution is -2.03. The molecule has 1 aliphatic heterocycles. The zero-order valence-electron chi connectivity index (χ0n) is 6.92. The van der Waals surface area contributed by atoms with Crippen LogP contribution < -0.4 is 4.74 Å². The highest BCUT2D eigenvalue weighted by Crippen LogP contribution is 2.32. The van der Waals surface area contributed by atoms with Gasteiger partial charge >= 0.3 is 0 Å². The van der Waals surface area contributed by atoms with Crippen LogP contribution in [-0.2, 0) is 0 Å². The molecule has 1 aromatic heterocycles. The van der Waals surface area contributed by atoms with Gasteiger partial charge in [-0.2, -0.15) is 0 Å². The molecule has 2 rings (SSSR count). The van der Waals surface area contributed by atoms with E-state index in [1.54, 1.807) is 12.4 Å². The van der Waals surface area contributed by atoms with E-state index in [9.17, 15) is 0 Å². The summed E-state index contributed by atoms with van der Waals surface area (Å²) in [6, 6.07) is 1.90. The quantitative estimate of drug-likeness (QED) is 0.392. The Morgan fingerprint density at radius 2 is 2.69 bits per heavy atom. The summed E-state index contributed by atoms with van der Waals surface area (Å²) < 4.78 is 5.36. The van der Waals surface area contributed by atoms with E-state index in [4.69, 9.17) is 10.3 Å². The van der Waals surface area contributed by atoms with Crippen LogP contribution in [0.25, 0.3) is 10.4 Å². The molecule has 0 aliphatic carbocycles. The summed E-state index contributed by atoms with van der Waals surface area (Å²) in [4.78, 5) is 6.67. The molecule has 0 spiro atoms. The monoisotopic (exact) mass is 176 g/mol. The lowest BCUT2D eigenvalue weighted by atomic mass is 10.0. The highest BCUT2D eigenvalue weighted by molar-refractivity contribution is 5.37. The molecule has 0 amide bonds. The number of aromatic nitrogens is 1. The molecule has 2 heterocycles. The van der Waals surface area contributed by atoms with Crippen molar-refractivity contribution in [3.63, 3.8) is 0 Å². The Morgan fingerprint density at radius 1 is 1.77 bits per heavy atom. The topological polar surface area (TPSA) is 70.9 Å². The summed E-state index contributed by atoms with van der Waals surface area (Å²) in [6.45, 7) is 1.04. The second kappa shape index (κ2) is 3.33. The Labute approximate surface area is 75.0 Å². The second-order valence-corrected chi connectivity index (χ2v) is 2.83. The average Bonchev–Trinajstić information content (AvgIpc) is 2.58. The molecule has 1 aromatic rings. The minimum Gasteiger partial charge on any atom is -0.491 e. The number of nitrogens with zero attached hydrogens (tertiary/aromatic N) is 4. The van der Waals surface area contributed by atoms with Gasteiger partial charge in [-0.3, -0.25) is 4.98 Å². The predicted molar refractivity (Wildman–Crippen MR) is 46.5 cm³/mol. The van der Waals surface area contributed by atoms with Crippen molar-refractivity contribution < 1.29 is 4.74 Å². The molecular formula is C8H8N4O. The molecule has 0 fully saturated rings. The third kappa shape index (κ3) is 1.41. The zero-order chi connectivity index (χ0) is 9.10. The van der Waals surface area contributed by atoms with Crippen molar-refractivity contribution >= 4 is 0 Å². The Morgan fingerprint density at radius 3 is 3.54 bits per heavy atom. The summed E-state index contributed by atoms with van der Waals surface area (Å²) in [5.74, 6) is 0.995. The summed E-state index contributed by atoms with van der Waals surface area (Å²) in [5.41, 5.74) is 9.27. The maximum absolute atomic E-state index is 8.18. The van der Waals surface area contributed by atoms with Crippen molar-refractivity contribution in [1.29, 1.82) is 0 Å². The first kappa shape index (κ1) is 7.89. The van der Waals surface area contributed by atoms with Crippen LogP contribution in [0.2, 0.25) is 0 Å². The zero-order valence-corrected chi connectivity index (χ0v) is 6.92. The molecule has 0 bridgehead atoms. The van der Waals surface area contributed by atoms with Crippen LogP contribution in [0.3, 0.4) is 0 Å². The average molecular weight is 176 g/mol. The van der Waals surface area contributed by atoms with Gasteiger partial charge in [0.25, 0.3) is 0 Å². The van der Waals surface area contributed by atoms with Crippen LogP contribution in [0.1, 0.15) is 11.5 Å². The van der Waals surface area contributed by atoms with Crippen LogP contribution in [0.5, 0.6) is 5.75 Å². The molecule has 0 saturated carbocycles. The van der Waals surface area contributed by atoms with Crippen LogP contribution in [0, 0.1) is 0 Å². The highest BCUT2D eigenvalue weighted by atomic mass is 16.5. The van der Waals surface area contributed by atoms with E-state index in [0.29, 0.717) is 13.2 Å². The molecule has 1 unspecified atom stereocenters. The van der Waals surface area contributed by atoms with Gasteiger partial charge in [0.2, 0.25) is 0 Å². The van der Waals surface area contributed by atoms with Gasteiger partial charge in [0.05, 0.1) is 12.8 Å². The maximum Gasteiger partial charge on any atom is 0.141 e. The first-order valence-electron chi connectivity index (χ1n) is 3.99. The smallest absolute Gasteiger partial charge is 0.141 e. The lowest BCUT2D eigenvalue weighted by Gasteiger charge is -2.01. The van der Waals surface area contributed by atoms with Gasteiger partial charge in [0, 0.05) is 29.1 Å². The van der Waals surface area contributed by atoms with Crippen LogP contribution in [0.4, 0.5) is 0 Å². The highest BCUT2D eigenvalue weighted by Gasteiger charge is 2.22. The minimum atomic E-state index is 0.189. The molecule has 66 valence electrons. The van der Waals surface area contributed by atoms with E-state index in [2.05, 4.69) is 15.0 Å². The van der Waals surface area contributed by atoms with Gasteiger partial charge in [-0.05, 0) is 11.6 Å². The summed E-state index contributed by atoms with van der Waals surface area (Å²) in [5, 5.41) is 3.53. The Balaban J connectivity index is 2.23. The lowest BCUT2D eigenvalue weighted by molar-refractivity contribution is 0.332. The molecule has 5 heteroatoms. The van der Waals surface area contributed by atoms with Crippen molar-refractivity contribution in [2.45, 2.75) is 5.92 Å². The summed E-state index contributed by atoms with van der Waals surface area (Å²) in [6.07, 6.45) is 3.40. The molecule has 0 N–H and O–H groups in total. The first-order chi connectivity index (χ1) is 6.42. The summed E-state index contributed by atoms with van der Waals surface area (Å²) in [7, 11) is 0. The fourth-order valence-electron chi connectivity index (χ4n) is 1.41. The van der Waals surface area contributed by atoms with Crippen molar-refractivity contribution in [3.8, 4) is 5.75 Å². The van der Waals surface area contributed by atoms with E-state index < -0.39 is 0 Å². The van der Waals surface area contributed by atoms with Crippen molar-refractivity contribution in [1.82, 2.24) is 4.98 Å². The molecule has 0 aromatic carbocycles. The van der Waals surface area contributed by atoms with E-state index in [-0.39, 0.29) is 5.92 Å². The van der Waals surface area contributed by atoms with E-state index in [1.807, 2.05) is 6.07 Å². The molecule has 5 nitrogen and oxygen atoms in total. The van der Waals surface area contributed by atoms with E-state index >= 15 is 0 Å². The fraction of sp³-hybridized carbons (Fsp3) is 0.375. The number of ether oxygens (including phenoxy) is 1. The number of rotatable bonds is 2. The van der Waals surface area contributed by atoms with Crippen molar-refractivity contribution in [2.24, 2.45) is 5.11 Å². The number of hydrogen-bond acceptors (Lipinski definition) is 3. The number of azide groups is 1. The van der Waals surface area contributed by atoms with Crippen molar-refractivity contribution in [3.05, 3.63) is 34.5 Å². The SMILES string of the molecule is [N-]=[N+]=NCC1COc2cnccc21. The molecule has 0 radical (unpaired) electrons. The largest absolute Gasteiger partial charge is 0.491 e. The van der Waals surface area contributed by atoms with Gasteiger partial charge in [0.1, 0.15) is 5.75 Å². The minimum absolute atomic E-state index is 0.189. The Bertz CT molecular complexity index is 359. The second-order valence-electron chi connectivity index (χ2n) is 2.83. The number of fused-ring (bicyclic) bond motifs is 1. The standard InChI is InChI=1S/C8H8N4O/c9-12-11-3-6-5-13-8-4-10-2-1-7(6)8/h1-2,4,6H,3,5H2. The van der Waals surface area contributed by atoms with Gasteiger partial charge < -0.3 is 4.74 Å². The Hall–Kier alpha value is -1.74. The molecule has 1 atom stereocenters. The van der Waals surface area contributed by atoms with Gasteiger partial charge in [-0.25, -0.2) is 0 Å². The van der Waals surface area contributed by atoms with Crippen LogP contribution >= 0.6 is 0 Å². The maximum atomic E-state index is 8.18.